The van der Waals surface area contributed by atoms with Gasteiger partial charge in [-0.3, -0.25) is 9.48 Å². The van der Waals surface area contributed by atoms with Gasteiger partial charge in [0.25, 0.3) is 0 Å². The van der Waals surface area contributed by atoms with E-state index in [1.165, 1.54) is 22.7 Å². The number of piperidine rings is 1. The second-order valence-corrected chi connectivity index (χ2v) is 15.2. The Balaban J connectivity index is 1.06. The fraction of sp³-hybridized carbons (Fsp3) is 0.462. The molecule has 258 valence electrons. The van der Waals surface area contributed by atoms with Crippen LogP contribution in [0.25, 0.3) is 0 Å². The van der Waals surface area contributed by atoms with E-state index in [-0.39, 0.29) is 29.6 Å². The van der Waals surface area contributed by atoms with Gasteiger partial charge in [0.1, 0.15) is 11.6 Å². The van der Waals surface area contributed by atoms with E-state index in [4.69, 9.17) is 4.98 Å². The standard InChI is InChI=1S/C39H48FN7OS/c1-4-37-41-18-21-47(37)39(30-8-6-9-31(40)22-30,35-10-7-11-36(35)43-38(48)5-2)29-16-19-45(20-17-29)24-28-25-46(26-28)32-12-14-33(15-13-32)49-34-23-42-44(3)27-34/h5-6,8-9,12-15,18,21-23,27-29,35-36H,2,4,7,10-11,16-17,19-20,24-26H2,1,3H3,(H,43,48)/t35?,36?,39-/m1/s1. The fourth-order valence-corrected chi connectivity index (χ4v) is 9.82. The number of rotatable bonds is 12. The Morgan fingerprint density at radius 3 is 2.59 bits per heavy atom. The van der Waals surface area contributed by atoms with Gasteiger partial charge in [-0.2, -0.15) is 5.10 Å². The molecule has 2 aliphatic heterocycles. The zero-order valence-electron chi connectivity index (χ0n) is 28.7. The van der Waals surface area contributed by atoms with Crippen LogP contribution in [0.2, 0.25) is 0 Å². The average Bonchev–Trinajstić information content (AvgIpc) is 3.86. The van der Waals surface area contributed by atoms with Crippen molar-refractivity contribution in [2.45, 2.75) is 66.8 Å². The van der Waals surface area contributed by atoms with E-state index in [0.29, 0.717) is 5.92 Å². The second-order valence-electron chi connectivity index (χ2n) is 14.1. The molecule has 3 aliphatic rings. The van der Waals surface area contributed by atoms with Crippen molar-refractivity contribution in [2.24, 2.45) is 24.8 Å². The number of anilines is 1. The van der Waals surface area contributed by atoms with Crippen LogP contribution in [0.1, 0.15) is 50.4 Å². The van der Waals surface area contributed by atoms with Crippen LogP contribution >= 0.6 is 11.8 Å². The van der Waals surface area contributed by atoms with Gasteiger partial charge < -0.3 is 19.7 Å². The van der Waals surface area contributed by atoms with Crippen molar-refractivity contribution in [1.82, 2.24) is 29.5 Å². The van der Waals surface area contributed by atoms with Crippen molar-refractivity contribution >= 4 is 23.4 Å². The first-order chi connectivity index (χ1) is 23.9. The van der Waals surface area contributed by atoms with Gasteiger partial charge in [-0.15, -0.1) is 0 Å². The number of carbonyl (C=O) groups is 1. The third-order valence-electron chi connectivity index (χ3n) is 11.1. The smallest absolute Gasteiger partial charge is 0.243 e. The molecule has 2 unspecified atom stereocenters. The summed E-state index contributed by atoms with van der Waals surface area (Å²) in [6.45, 7) is 11.1. The molecule has 1 aliphatic carbocycles. The monoisotopic (exact) mass is 681 g/mol. The third kappa shape index (κ3) is 6.82. The minimum atomic E-state index is -0.527. The number of amides is 1. The lowest BCUT2D eigenvalue weighted by Crippen LogP contribution is -2.58. The second kappa shape index (κ2) is 14.5. The van der Waals surface area contributed by atoms with Gasteiger partial charge in [-0.1, -0.05) is 43.8 Å². The molecule has 1 N–H and O–H groups in total. The van der Waals surface area contributed by atoms with Gasteiger partial charge in [0, 0.05) is 80.2 Å². The van der Waals surface area contributed by atoms with E-state index in [1.54, 1.807) is 17.8 Å². The van der Waals surface area contributed by atoms with Gasteiger partial charge in [0.05, 0.1) is 16.6 Å². The van der Waals surface area contributed by atoms with E-state index in [2.05, 4.69) is 74.8 Å². The van der Waals surface area contributed by atoms with Crippen molar-refractivity contribution in [3.8, 4) is 0 Å². The molecule has 0 spiro atoms. The van der Waals surface area contributed by atoms with Crippen molar-refractivity contribution in [3.05, 3.63) is 103 Å². The molecule has 4 aromatic rings. The first-order valence-corrected chi connectivity index (χ1v) is 18.6. The zero-order valence-corrected chi connectivity index (χ0v) is 29.5. The highest BCUT2D eigenvalue weighted by Crippen LogP contribution is 2.52. The largest absolute Gasteiger partial charge is 0.371 e. The Morgan fingerprint density at radius 2 is 1.90 bits per heavy atom. The quantitative estimate of drug-likeness (QED) is 0.172. The number of carbonyl (C=O) groups excluding carboxylic acids is 1. The highest BCUT2D eigenvalue weighted by Gasteiger charge is 2.54. The summed E-state index contributed by atoms with van der Waals surface area (Å²) in [5.74, 6) is 1.64. The third-order valence-corrected chi connectivity index (χ3v) is 12.1. The van der Waals surface area contributed by atoms with Crippen molar-refractivity contribution in [1.29, 1.82) is 0 Å². The van der Waals surface area contributed by atoms with Gasteiger partial charge in [-0.05, 0) is 92.7 Å². The summed E-state index contributed by atoms with van der Waals surface area (Å²) in [4.78, 5) is 25.0. The lowest BCUT2D eigenvalue weighted by Gasteiger charge is -2.52. The normalized spacial score (nSPS) is 21.7. The molecule has 0 radical (unpaired) electrons. The van der Waals surface area contributed by atoms with Crippen LogP contribution in [-0.2, 0) is 23.8 Å². The number of hydrogen-bond donors (Lipinski definition) is 1. The van der Waals surface area contributed by atoms with Crippen LogP contribution in [0.3, 0.4) is 0 Å². The summed E-state index contributed by atoms with van der Waals surface area (Å²) in [5, 5.41) is 7.56. The molecule has 2 saturated heterocycles. The summed E-state index contributed by atoms with van der Waals surface area (Å²) in [5.41, 5.74) is 1.75. The molecule has 2 aromatic carbocycles. The molecule has 10 heteroatoms. The molecule has 2 aromatic heterocycles. The lowest BCUT2D eigenvalue weighted by atomic mass is 9.64. The van der Waals surface area contributed by atoms with E-state index < -0.39 is 5.54 Å². The summed E-state index contributed by atoms with van der Waals surface area (Å²) >= 11 is 1.74. The van der Waals surface area contributed by atoms with Crippen LogP contribution in [0.4, 0.5) is 10.1 Å². The predicted octanol–water partition coefficient (Wildman–Crippen LogP) is 6.53. The minimum Gasteiger partial charge on any atom is -0.371 e. The van der Waals surface area contributed by atoms with Crippen molar-refractivity contribution < 1.29 is 9.18 Å². The first-order valence-electron chi connectivity index (χ1n) is 17.8. The number of likely N-dealkylation sites (tertiary alicyclic amines) is 1. The molecule has 49 heavy (non-hydrogen) atoms. The topological polar surface area (TPSA) is 71.2 Å². The fourth-order valence-electron chi connectivity index (χ4n) is 8.97. The Kier molecular flexibility index (Phi) is 9.96. The van der Waals surface area contributed by atoms with Gasteiger partial charge >= 0.3 is 0 Å². The molecule has 1 amide bonds. The molecule has 1 saturated carbocycles. The Bertz CT molecular complexity index is 1740. The number of imidazole rings is 1. The van der Waals surface area contributed by atoms with Gasteiger partial charge in [0.15, 0.2) is 0 Å². The summed E-state index contributed by atoms with van der Waals surface area (Å²) in [6.07, 6.45) is 15.0. The Morgan fingerprint density at radius 1 is 1.10 bits per heavy atom. The van der Waals surface area contributed by atoms with E-state index in [9.17, 15) is 4.79 Å². The lowest BCUT2D eigenvalue weighted by molar-refractivity contribution is -0.117. The molecule has 4 heterocycles. The number of hydrogen-bond acceptors (Lipinski definition) is 6. The maximum absolute atomic E-state index is 15.1. The minimum absolute atomic E-state index is 0.0251. The van der Waals surface area contributed by atoms with Crippen LogP contribution in [0.15, 0.2) is 95.8 Å². The first kappa shape index (κ1) is 33.6. The molecule has 7 rings (SSSR count). The number of aromatic nitrogens is 4. The highest BCUT2D eigenvalue weighted by atomic mass is 32.2. The average molecular weight is 682 g/mol. The molecule has 3 atom stereocenters. The number of aryl methyl sites for hydroxylation is 2. The van der Waals surface area contributed by atoms with Crippen molar-refractivity contribution in [2.75, 3.05) is 37.6 Å². The number of nitrogens with zero attached hydrogens (tertiary/aromatic N) is 6. The van der Waals surface area contributed by atoms with E-state index >= 15 is 4.39 Å². The molecule has 0 bridgehead atoms. The number of halogens is 1. The Hall–Kier alpha value is -3.89. The van der Waals surface area contributed by atoms with Crippen LogP contribution in [0, 0.1) is 23.6 Å². The van der Waals surface area contributed by atoms with E-state index in [0.717, 1.165) is 87.5 Å². The molecular formula is C39H48FN7OS. The predicted molar refractivity (Wildman–Crippen MR) is 193 cm³/mol. The molecule has 8 nitrogen and oxygen atoms in total. The highest BCUT2D eigenvalue weighted by molar-refractivity contribution is 7.99. The van der Waals surface area contributed by atoms with Crippen LogP contribution in [-0.4, -0.2) is 68.9 Å². The summed E-state index contributed by atoms with van der Waals surface area (Å²) in [6, 6.07) is 16.1. The maximum atomic E-state index is 15.1. The van der Waals surface area contributed by atoms with Gasteiger partial charge in [0.2, 0.25) is 5.91 Å². The Labute approximate surface area is 293 Å². The zero-order chi connectivity index (χ0) is 34.0. The number of benzene rings is 2. The van der Waals surface area contributed by atoms with Crippen LogP contribution < -0.4 is 10.2 Å². The summed E-state index contributed by atoms with van der Waals surface area (Å²) < 4.78 is 19.3. The molecular weight excluding hydrogens is 634 g/mol. The number of nitrogens with one attached hydrogen (secondary N) is 1. The van der Waals surface area contributed by atoms with E-state index in [1.807, 2.05) is 36.4 Å². The van der Waals surface area contributed by atoms with Crippen LogP contribution in [0.5, 0.6) is 0 Å². The summed E-state index contributed by atoms with van der Waals surface area (Å²) in [7, 11) is 1.94. The molecule has 3 fully saturated rings. The SMILES string of the molecule is C=CC(=O)NC1CCCC1[C@](c1cccc(F)c1)(C1CCN(CC2CN(c3ccc(Sc4cnn(C)c4)cc3)C2)CC1)n1ccnc1CC. The van der Waals surface area contributed by atoms with Gasteiger partial charge in [-0.25, -0.2) is 9.37 Å². The maximum Gasteiger partial charge on any atom is 0.243 e. The van der Waals surface area contributed by atoms with Crippen molar-refractivity contribution in [3.63, 3.8) is 0 Å².